The highest BCUT2D eigenvalue weighted by Crippen LogP contribution is 2.51. The van der Waals surface area contributed by atoms with Gasteiger partial charge in [-0.3, -0.25) is 0 Å². The number of anilines is 6. The van der Waals surface area contributed by atoms with Gasteiger partial charge in [0, 0.05) is 33.9 Å². The maximum atomic E-state index is 2.46. The van der Waals surface area contributed by atoms with Crippen molar-refractivity contribution in [2.75, 3.05) is 9.80 Å². The molecule has 0 spiro atoms. The number of nitrogens with zero attached hydrogens (tertiary/aromatic N) is 2. The zero-order chi connectivity index (χ0) is 53.5. The molecule has 0 saturated carbocycles. The summed E-state index contributed by atoms with van der Waals surface area (Å²) in [6, 6.07) is 123. The van der Waals surface area contributed by atoms with Crippen LogP contribution in [0.4, 0.5) is 34.1 Å². The molecule has 0 radical (unpaired) electrons. The van der Waals surface area contributed by atoms with E-state index in [1.807, 2.05) is 0 Å². The van der Waals surface area contributed by atoms with Crippen LogP contribution in [0.2, 0.25) is 0 Å². The topological polar surface area (TPSA) is 6.48 Å². The summed E-state index contributed by atoms with van der Waals surface area (Å²) in [5.41, 5.74) is 24.6. The van der Waals surface area contributed by atoms with Crippen molar-refractivity contribution in [2.24, 2.45) is 0 Å². The van der Waals surface area contributed by atoms with Crippen LogP contribution >= 0.6 is 0 Å². The van der Waals surface area contributed by atoms with Crippen molar-refractivity contribution in [3.8, 4) is 89.0 Å². The molecule has 0 heterocycles. The van der Waals surface area contributed by atoms with Crippen LogP contribution in [-0.4, -0.2) is 0 Å². The molecule has 0 N–H and O–H groups in total. The van der Waals surface area contributed by atoms with Gasteiger partial charge in [0.1, 0.15) is 0 Å². The van der Waals surface area contributed by atoms with Gasteiger partial charge in [0.15, 0.2) is 0 Å². The number of hydrogen-bond acceptors (Lipinski definition) is 2. The van der Waals surface area contributed by atoms with Gasteiger partial charge in [-0.1, -0.05) is 273 Å². The van der Waals surface area contributed by atoms with Gasteiger partial charge in [0.2, 0.25) is 0 Å². The van der Waals surface area contributed by atoms with Gasteiger partial charge in [0.25, 0.3) is 0 Å². The molecule has 0 bridgehead atoms. The summed E-state index contributed by atoms with van der Waals surface area (Å²) in [4.78, 5) is 4.90. The van der Waals surface area contributed by atoms with Crippen molar-refractivity contribution in [3.05, 3.63) is 340 Å². The minimum Gasteiger partial charge on any atom is -0.310 e. The summed E-state index contributed by atoms with van der Waals surface area (Å²) in [6.07, 6.45) is 0. The number of hydrogen-bond donors (Lipinski definition) is 0. The number of rotatable bonds is 14. The average Bonchev–Trinajstić information content (AvgIpc) is 3.58. The summed E-state index contributed by atoms with van der Waals surface area (Å²) in [5, 5.41) is 0. The minimum absolute atomic E-state index is 1.03. The Hall–Kier alpha value is -10.5. The molecule has 0 aliphatic rings. The fraction of sp³-hybridized carbons (Fsp3) is 0. The molecule has 0 saturated heterocycles. The molecule has 0 atom stereocenters. The Morgan fingerprint density at radius 1 is 0.138 bits per heavy atom. The van der Waals surface area contributed by atoms with Crippen molar-refractivity contribution in [2.45, 2.75) is 0 Å². The van der Waals surface area contributed by atoms with Gasteiger partial charge in [-0.25, -0.2) is 0 Å². The quantitative estimate of drug-likeness (QED) is 0.107. The lowest BCUT2D eigenvalue weighted by Crippen LogP contribution is -2.15. The molecule has 13 aromatic carbocycles. The Morgan fingerprint density at radius 2 is 0.362 bits per heavy atom. The highest BCUT2D eigenvalue weighted by atomic mass is 15.2. The van der Waals surface area contributed by atoms with E-state index in [0.29, 0.717) is 0 Å². The van der Waals surface area contributed by atoms with Crippen molar-refractivity contribution in [1.82, 2.24) is 0 Å². The molecule has 2 nitrogen and oxygen atoms in total. The first kappa shape index (κ1) is 49.1. The van der Waals surface area contributed by atoms with Crippen LogP contribution in [0.3, 0.4) is 0 Å². The van der Waals surface area contributed by atoms with Crippen LogP contribution in [-0.2, 0) is 0 Å². The predicted molar refractivity (Wildman–Crippen MR) is 339 cm³/mol. The van der Waals surface area contributed by atoms with Crippen molar-refractivity contribution in [1.29, 1.82) is 0 Å². The smallest absolute Gasteiger partial charge is 0.0561 e. The number of benzene rings is 13. The van der Waals surface area contributed by atoms with E-state index in [1.165, 1.54) is 33.4 Å². The highest BCUT2D eigenvalue weighted by Gasteiger charge is 2.26. The molecule has 378 valence electrons. The van der Waals surface area contributed by atoms with Crippen LogP contribution in [0.15, 0.2) is 340 Å². The van der Waals surface area contributed by atoms with Gasteiger partial charge >= 0.3 is 0 Å². The molecular formula is C78H56N2. The Bertz CT molecular complexity index is 3970. The molecular weight excluding hydrogens is 965 g/mol. The summed E-state index contributed by atoms with van der Waals surface area (Å²) < 4.78 is 0. The molecule has 13 rings (SSSR count). The van der Waals surface area contributed by atoms with Crippen molar-refractivity contribution < 1.29 is 0 Å². The van der Waals surface area contributed by atoms with Crippen molar-refractivity contribution >= 4 is 34.1 Å². The van der Waals surface area contributed by atoms with E-state index in [0.717, 1.165) is 89.8 Å². The molecule has 80 heavy (non-hydrogen) atoms. The monoisotopic (exact) mass is 1020 g/mol. The lowest BCUT2D eigenvalue weighted by molar-refractivity contribution is 1.25. The standard InChI is InChI=1S/C78H56N2/c1-8-22-57(23-9-1)61-36-45-69(46-37-61)79(70-47-38-62(39-48-70)58-24-10-2-11-25-58)77-56-78(80(71-49-40-63(41-50-71)59-26-12-3-13-27-59)72-51-42-64(43-52-72)60-28-14-4-15-29-60)76(55-75(77)67-34-20-7-21-35-67)68-44-53-73(65-30-16-5-17-31-65)74(54-68)66-32-18-6-19-33-66/h1-56H. The fourth-order valence-corrected chi connectivity index (χ4v) is 11.1. The summed E-state index contributed by atoms with van der Waals surface area (Å²) >= 11 is 0. The summed E-state index contributed by atoms with van der Waals surface area (Å²) in [6.45, 7) is 0. The third-order valence-electron chi connectivity index (χ3n) is 15.1. The van der Waals surface area contributed by atoms with Crippen molar-refractivity contribution in [3.63, 3.8) is 0 Å². The van der Waals surface area contributed by atoms with E-state index in [-0.39, 0.29) is 0 Å². The molecule has 0 amide bonds. The van der Waals surface area contributed by atoms with Crippen LogP contribution in [0.5, 0.6) is 0 Å². The summed E-state index contributed by atoms with van der Waals surface area (Å²) in [7, 11) is 0. The van der Waals surface area contributed by atoms with Gasteiger partial charge in [-0.05, 0) is 145 Å². The van der Waals surface area contributed by atoms with E-state index < -0.39 is 0 Å². The third kappa shape index (κ3) is 10.3. The Labute approximate surface area is 470 Å². The second-order valence-electron chi connectivity index (χ2n) is 20.1. The molecule has 0 aromatic heterocycles. The molecule has 2 heteroatoms. The predicted octanol–water partition coefficient (Wildman–Crippen LogP) is 22.0. The molecule has 0 unspecified atom stereocenters. The highest BCUT2D eigenvalue weighted by molar-refractivity contribution is 6.00. The average molecular weight is 1020 g/mol. The van der Waals surface area contributed by atoms with E-state index in [1.54, 1.807) is 0 Å². The maximum Gasteiger partial charge on any atom is 0.0561 e. The second-order valence-corrected chi connectivity index (χ2v) is 20.1. The van der Waals surface area contributed by atoms with E-state index in [9.17, 15) is 0 Å². The largest absolute Gasteiger partial charge is 0.310 e. The molecule has 0 aliphatic carbocycles. The van der Waals surface area contributed by atoms with E-state index >= 15 is 0 Å². The minimum atomic E-state index is 1.03. The second kappa shape index (κ2) is 22.6. The molecule has 13 aromatic rings. The zero-order valence-electron chi connectivity index (χ0n) is 44.2. The van der Waals surface area contributed by atoms with Crippen LogP contribution in [0.25, 0.3) is 89.0 Å². The fourth-order valence-electron chi connectivity index (χ4n) is 11.1. The lowest BCUT2D eigenvalue weighted by Gasteiger charge is -2.33. The summed E-state index contributed by atoms with van der Waals surface area (Å²) in [5.74, 6) is 0. The van der Waals surface area contributed by atoms with E-state index in [4.69, 9.17) is 0 Å². The molecule has 0 aliphatic heterocycles. The zero-order valence-corrected chi connectivity index (χ0v) is 44.2. The third-order valence-corrected chi connectivity index (χ3v) is 15.1. The van der Waals surface area contributed by atoms with Gasteiger partial charge < -0.3 is 9.80 Å². The maximum absolute atomic E-state index is 2.46. The first-order valence-electron chi connectivity index (χ1n) is 27.4. The first-order chi connectivity index (χ1) is 39.7. The van der Waals surface area contributed by atoms with Gasteiger partial charge in [-0.15, -0.1) is 0 Å². The Morgan fingerprint density at radius 3 is 0.662 bits per heavy atom. The molecule has 0 fully saturated rings. The SMILES string of the molecule is c1ccc(-c2ccc(N(c3ccc(-c4ccccc4)cc3)c3cc(N(c4ccc(-c5ccccc5)cc4)c4ccc(-c5ccccc5)cc4)c(-c4ccc(-c5ccccc5)c(-c5ccccc5)c4)cc3-c3ccccc3)cc2)cc1. The van der Waals surface area contributed by atoms with Crippen LogP contribution in [0, 0.1) is 0 Å². The Kier molecular flexibility index (Phi) is 13.8. The lowest BCUT2D eigenvalue weighted by atomic mass is 9.88. The van der Waals surface area contributed by atoms with Gasteiger partial charge in [0.05, 0.1) is 11.4 Å². The van der Waals surface area contributed by atoms with E-state index in [2.05, 4.69) is 350 Å². The normalized spacial score (nSPS) is 11.0. The van der Waals surface area contributed by atoms with Gasteiger partial charge in [-0.2, -0.15) is 0 Å². The van der Waals surface area contributed by atoms with Crippen LogP contribution < -0.4 is 9.80 Å². The first-order valence-corrected chi connectivity index (χ1v) is 27.4. The Balaban J connectivity index is 1.10. The van der Waals surface area contributed by atoms with Crippen LogP contribution in [0.1, 0.15) is 0 Å².